The minimum Gasteiger partial charge on any atom is -0.489 e. The molecule has 0 atom stereocenters. The second-order valence-electron chi connectivity index (χ2n) is 5.99. The van der Waals surface area contributed by atoms with Crippen LogP contribution in [0.25, 0.3) is 0 Å². The van der Waals surface area contributed by atoms with Gasteiger partial charge in [-0.05, 0) is 54.1 Å². The SMILES string of the molecule is C=CCNC(=O)c1cc(Nc2ccc(OCc3ccc(Cl)cc3)cc2)ccn1. The van der Waals surface area contributed by atoms with Crippen molar-refractivity contribution in [2.45, 2.75) is 6.61 Å². The molecule has 6 heteroatoms. The second kappa shape index (κ2) is 9.58. The highest BCUT2D eigenvalue weighted by Gasteiger charge is 2.07. The first-order valence-electron chi connectivity index (χ1n) is 8.73. The van der Waals surface area contributed by atoms with Crippen molar-refractivity contribution in [2.24, 2.45) is 0 Å². The summed E-state index contributed by atoms with van der Waals surface area (Å²) in [5.41, 5.74) is 3.04. The average molecular weight is 394 g/mol. The molecule has 142 valence electrons. The van der Waals surface area contributed by atoms with E-state index < -0.39 is 0 Å². The van der Waals surface area contributed by atoms with Crippen LogP contribution in [0, 0.1) is 0 Å². The molecule has 0 aliphatic carbocycles. The smallest absolute Gasteiger partial charge is 0.270 e. The van der Waals surface area contributed by atoms with E-state index in [-0.39, 0.29) is 5.91 Å². The first kappa shape index (κ1) is 19.5. The maximum Gasteiger partial charge on any atom is 0.270 e. The van der Waals surface area contributed by atoms with Crippen molar-refractivity contribution in [1.29, 1.82) is 0 Å². The molecule has 0 aliphatic rings. The molecule has 0 radical (unpaired) electrons. The van der Waals surface area contributed by atoms with Gasteiger partial charge in [0.25, 0.3) is 5.91 Å². The highest BCUT2D eigenvalue weighted by atomic mass is 35.5. The Balaban J connectivity index is 1.58. The maximum absolute atomic E-state index is 12.0. The molecule has 0 saturated carbocycles. The number of nitrogens with zero attached hydrogens (tertiary/aromatic N) is 1. The second-order valence-corrected chi connectivity index (χ2v) is 6.43. The molecule has 1 aromatic heterocycles. The van der Waals surface area contributed by atoms with Gasteiger partial charge < -0.3 is 15.4 Å². The van der Waals surface area contributed by atoms with Crippen molar-refractivity contribution in [1.82, 2.24) is 10.3 Å². The molecule has 5 nitrogen and oxygen atoms in total. The number of ether oxygens (including phenoxy) is 1. The number of hydrogen-bond acceptors (Lipinski definition) is 4. The number of benzene rings is 2. The molecule has 0 saturated heterocycles. The summed E-state index contributed by atoms with van der Waals surface area (Å²) in [5.74, 6) is 0.522. The average Bonchev–Trinajstić information content (AvgIpc) is 2.73. The molecule has 1 heterocycles. The van der Waals surface area contributed by atoms with Crippen LogP contribution >= 0.6 is 11.6 Å². The number of pyridine rings is 1. The molecule has 0 unspecified atom stereocenters. The van der Waals surface area contributed by atoms with Crippen LogP contribution in [0.4, 0.5) is 11.4 Å². The molecule has 28 heavy (non-hydrogen) atoms. The Morgan fingerprint density at radius 3 is 2.54 bits per heavy atom. The number of amides is 1. The third-order valence-electron chi connectivity index (χ3n) is 3.86. The molecule has 0 aliphatic heterocycles. The number of nitrogens with one attached hydrogen (secondary N) is 2. The van der Waals surface area contributed by atoms with E-state index in [1.165, 1.54) is 0 Å². The first-order valence-corrected chi connectivity index (χ1v) is 9.11. The zero-order valence-corrected chi connectivity index (χ0v) is 15.9. The summed E-state index contributed by atoms with van der Waals surface area (Å²) >= 11 is 5.88. The summed E-state index contributed by atoms with van der Waals surface area (Å²) in [4.78, 5) is 16.1. The van der Waals surface area contributed by atoms with E-state index in [9.17, 15) is 4.79 Å². The standard InChI is InChI=1S/C22H20ClN3O2/c1-2-12-25-22(27)21-14-19(11-13-24-21)26-18-7-9-20(10-8-18)28-15-16-3-5-17(23)6-4-16/h2-11,13-14H,1,12,15H2,(H,24,26)(H,25,27). The van der Waals surface area contributed by atoms with Gasteiger partial charge >= 0.3 is 0 Å². The minimum atomic E-state index is -0.241. The Morgan fingerprint density at radius 1 is 1.07 bits per heavy atom. The molecular weight excluding hydrogens is 374 g/mol. The maximum atomic E-state index is 12.0. The molecule has 1 amide bonds. The van der Waals surface area contributed by atoms with Crippen molar-refractivity contribution < 1.29 is 9.53 Å². The predicted molar refractivity (Wildman–Crippen MR) is 112 cm³/mol. The summed E-state index contributed by atoms with van der Waals surface area (Å²) < 4.78 is 5.78. The fraction of sp³-hybridized carbons (Fsp3) is 0.0909. The summed E-state index contributed by atoms with van der Waals surface area (Å²) in [6.45, 7) is 4.45. The van der Waals surface area contributed by atoms with Gasteiger partial charge in [0.05, 0.1) is 0 Å². The Morgan fingerprint density at radius 2 is 1.82 bits per heavy atom. The molecule has 0 bridgehead atoms. The van der Waals surface area contributed by atoms with Gasteiger partial charge in [-0.15, -0.1) is 6.58 Å². The molecule has 3 rings (SSSR count). The number of carbonyl (C=O) groups is 1. The Hall–Kier alpha value is -3.31. The lowest BCUT2D eigenvalue weighted by atomic mass is 10.2. The van der Waals surface area contributed by atoms with Crippen molar-refractivity contribution in [3.63, 3.8) is 0 Å². The van der Waals surface area contributed by atoms with Crippen LogP contribution in [0.5, 0.6) is 5.75 Å². The van der Waals surface area contributed by atoms with Gasteiger partial charge in [-0.2, -0.15) is 0 Å². The predicted octanol–water partition coefficient (Wildman–Crippen LogP) is 4.97. The highest BCUT2D eigenvalue weighted by Crippen LogP contribution is 2.21. The topological polar surface area (TPSA) is 63.2 Å². The van der Waals surface area contributed by atoms with Crippen LogP contribution in [0.15, 0.2) is 79.5 Å². The van der Waals surface area contributed by atoms with Gasteiger partial charge in [-0.3, -0.25) is 9.78 Å². The van der Waals surface area contributed by atoms with E-state index in [4.69, 9.17) is 16.3 Å². The summed E-state index contributed by atoms with van der Waals surface area (Å²) in [7, 11) is 0. The quantitative estimate of drug-likeness (QED) is 0.530. The zero-order chi connectivity index (χ0) is 19.8. The van der Waals surface area contributed by atoms with Gasteiger partial charge in [0, 0.05) is 29.1 Å². The normalized spacial score (nSPS) is 10.2. The molecular formula is C22H20ClN3O2. The van der Waals surface area contributed by atoms with E-state index in [0.717, 1.165) is 22.7 Å². The van der Waals surface area contributed by atoms with E-state index >= 15 is 0 Å². The summed E-state index contributed by atoms with van der Waals surface area (Å²) in [6, 6.07) is 18.6. The van der Waals surface area contributed by atoms with Crippen molar-refractivity contribution in [3.8, 4) is 5.75 Å². The van der Waals surface area contributed by atoms with Crippen LogP contribution in [0.2, 0.25) is 5.02 Å². The Bertz CT molecular complexity index is 941. The fourth-order valence-electron chi connectivity index (χ4n) is 2.44. The summed E-state index contributed by atoms with van der Waals surface area (Å²) in [5, 5.41) is 6.66. The Kier molecular flexibility index (Phi) is 6.65. The largest absolute Gasteiger partial charge is 0.489 e. The molecule has 2 aromatic carbocycles. The Labute approximate surface area is 169 Å². The molecule has 2 N–H and O–H groups in total. The number of rotatable bonds is 8. The monoisotopic (exact) mass is 393 g/mol. The van der Waals surface area contributed by atoms with E-state index in [0.29, 0.717) is 23.9 Å². The molecule has 0 spiro atoms. The van der Waals surface area contributed by atoms with Gasteiger partial charge in [-0.25, -0.2) is 0 Å². The fourth-order valence-corrected chi connectivity index (χ4v) is 2.56. The van der Waals surface area contributed by atoms with Crippen LogP contribution < -0.4 is 15.4 Å². The number of hydrogen-bond donors (Lipinski definition) is 2. The van der Waals surface area contributed by atoms with Crippen LogP contribution in [-0.4, -0.2) is 17.4 Å². The number of carbonyl (C=O) groups excluding carboxylic acids is 1. The van der Waals surface area contributed by atoms with Crippen molar-refractivity contribution in [3.05, 3.63) is 95.8 Å². The van der Waals surface area contributed by atoms with Crippen molar-refractivity contribution in [2.75, 3.05) is 11.9 Å². The lowest BCUT2D eigenvalue weighted by Crippen LogP contribution is -2.24. The number of anilines is 2. The molecule has 0 fully saturated rings. The van der Waals surface area contributed by atoms with Crippen LogP contribution in [-0.2, 0) is 6.61 Å². The van der Waals surface area contributed by atoms with Gasteiger partial charge in [0.1, 0.15) is 18.1 Å². The van der Waals surface area contributed by atoms with Gasteiger partial charge in [0.2, 0.25) is 0 Å². The number of aromatic nitrogens is 1. The van der Waals surface area contributed by atoms with E-state index in [1.807, 2.05) is 48.5 Å². The third kappa shape index (κ3) is 5.59. The van der Waals surface area contributed by atoms with Crippen molar-refractivity contribution >= 4 is 28.9 Å². The number of halogens is 1. The van der Waals surface area contributed by atoms with E-state index in [2.05, 4.69) is 22.2 Å². The van der Waals surface area contributed by atoms with Crippen LogP contribution in [0.3, 0.4) is 0 Å². The molecule has 3 aromatic rings. The zero-order valence-electron chi connectivity index (χ0n) is 15.2. The summed E-state index contributed by atoms with van der Waals surface area (Å²) in [6.07, 6.45) is 3.21. The highest BCUT2D eigenvalue weighted by molar-refractivity contribution is 6.30. The lowest BCUT2D eigenvalue weighted by Gasteiger charge is -2.10. The lowest BCUT2D eigenvalue weighted by molar-refractivity contribution is 0.0953. The van der Waals surface area contributed by atoms with Crippen LogP contribution in [0.1, 0.15) is 16.1 Å². The first-order chi connectivity index (χ1) is 13.6. The minimum absolute atomic E-state index is 0.241. The van der Waals surface area contributed by atoms with Gasteiger partial charge in [-0.1, -0.05) is 29.8 Å². The third-order valence-corrected chi connectivity index (χ3v) is 4.11. The van der Waals surface area contributed by atoms with E-state index in [1.54, 1.807) is 24.4 Å². The van der Waals surface area contributed by atoms with Gasteiger partial charge in [0.15, 0.2) is 0 Å².